The van der Waals surface area contributed by atoms with E-state index in [0.717, 1.165) is 0 Å². The van der Waals surface area contributed by atoms with E-state index in [4.69, 9.17) is 14.2 Å². The van der Waals surface area contributed by atoms with Crippen LogP contribution in [0, 0.1) is 0 Å². The second kappa shape index (κ2) is 7.32. The molecule has 9 nitrogen and oxygen atoms in total. The molecule has 1 aliphatic rings. The normalized spacial score (nSPS) is 12.0. The Morgan fingerprint density at radius 2 is 2.00 bits per heavy atom. The number of fused-ring (bicyclic) bond motifs is 1. The molecule has 0 spiro atoms. The van der Waals surface area contributed by atoms with E-state index in [2.05, 4.69) is 20.8 Å². The number of nitrogens with zero attached hydrogens (tertiary/aromatic N) is 4. The van der Waals surface area contributed by atoms with Crippen molar-refractivity contribution in [1.82, 2.24) is 20.2 Å². The minimum atomic E-state index is -0.227. The Labute approximate surface area is 154 Å². The lowest BCUT2D eigenvalue weighted by atomic mass is 10.2. The standard InChI is InChI=1S/C18H17N5O4/c1-2-23-17(20-21-22-23)10-25-14-6-3-12(4-7-14)18(24)19-13-5-8-15-16(9-13)27-11-26-15/h3-9H,2,10-11H2,1H3,(H,19,24). The van der Waals surface area contributed by atoms with Crippen LogP contribution < -0.4 is 19.5 Å². The second-order valence-corrected chi connectivity index (χ2v) is 5.75. The molecule has 1 aromatic heterocycles. The minimum absolute atomic E-state index is 0.193. The molecule has 0 saturated carbocycles. The molecule has 0 unspecified atom stereocenters. The van der Waals surface area contributed by atoms with Gasteiger partial charge in [-0.25, -0.2) is 4.68 Å². The van der Waals surface area contributed by atoms with Crippen LogP contribution in [-0.2, 0) is 13.2 Å². The number of aryl methyl sites for hydroxylation is 1. The maximum atomic E-state index is 12.4. The topological polar surface area (TPSA) is 100 Å². The Bertz CT molecular complexity index is 955. The first-order valence-electron chi connectivity index (χ1n) is 8.42. The van der Waals surface area contributed by atoms with E-state index in [9.17, 15) is 4.79 Å². The Kier molecular flexibility index (Phi) is 4.56. The minimum Gasteiger partial charge on any atom is -0.486 e. The van der Waals surface area contributed by atoms with Gasteiger partial charge in [0.15, 0.2) is 17.3 Å². The highest BCUT2D eigenvalue weighted by atomic mass is 16.7. The number of hydrogen-bond donors (Lipinski definition) is 1. The predicted octanol–water partition coefficient (Wildman–Crippen LogP) is 2.25. The van der Waals surface area contributed by atoms with Crippen molar-refractivity contribution in [2.75, 3.05) is 12.1 Å². The van der Waals surface area contributed by atoms with E-state index in [0.29, 0.717) is 40.9 Å². The molecule has 1 amide bonds. The number of ether oxygens (including phenoxy) is 3. The van der Waals surface area contributed by atoms with Crippen LogP contribution in [0.3, 0.4) is 0 Å². The summed E-state index contributed by atoms with van der Waals surface area (Å²) in [6.45, 7) is 3.07. The molecule has 1 N–H and O–H groups in total. The molecule has 1 aliphatic heterocycles. The van der Waals surface area contributed by atoms with Crippen molar-refractivity contribution in [1.29, 1.82) is 0 Å². The van der Waals surface area contributed by atoms with Crippen molar-refractivity contribution in [3.63, 3.8) is 0 Å². The lowest BCUT2D eigenvalue weighted by Crippen LogP contribution is -2.11. The molecule has 2 aromatic carbocycles. The number of carbonyl (C=O) groups is 1. The van der Waals surface area contributed by atoms with Crippen LogP contribution in [0.5, 0.6) is 17.2 Å². The number of rotatable bonds is 6. The summed E-state index contributed by atoms with van der Waals surface area (Å²) in [7, 11) is 0. The molecule has 4 rings (SSSR count). The van der Waals surface area contributed by atoms with Gasteiger partial charge in [0.2, 0.25) is 6.79 Å². The highest BCUT2D eigenvalue weighted by Crippen LogP contribution is 2.34. The number of hydrogen-bond acceptors (Lipinski definition) is 7. The molecule has 0 radical (unpaired) electrons. The molecule has 0 atom stereocenters. The average Bonchev–Trinajstić information content (AvgIpc) is 3.35. The number of benzene rings is 2. The van der Waals surface area contributed by atoms with Crippen molar-refractivity contribution < 1.29 is 19.0 Å². The summed E-state index contributed by atoms with van der Waals surface area (Å²) in [5.74, 6) is 2.33. The molecule has 9 heteroatoms. The van der Waals surface area contributed by atoms with Gasteiger partial charge in [-0.05, 0) is 53.7 Å². The number of carbonyl (C=O) groups excluding carboxylic acids is 1. The first-order valence-corrected chi connectivity index (χ1v) is 8.42. The molecule has 0 bridgehead atoms. The number of tetrazole rings is 1. The van der Waals surface area contributed by atoms with E-state index >= 15 is 0 Å². The molecule has 0 fully saturated rings. The molecular formula is C18H17N5O4. The van der Waals surface area contributed by atoms with Crippen LogP contribution >= 0.6 is 0 Å². The quantitative estimate of drug-likeness (QED) is 0.713. The largest absolute Gasteiger partial charge is 0.486 e. The zero-order valence-electron chi connectivity index (χ0n) is 14.6. The first kappa shape index (κ1) is 16.8. The monoisotopic (exact) mass is 367 g/mol. The van der Waals surface area contributed by atoms with Crippen molar-refractivity contribution >= 4 is 11.6 Å². The first-order chi connectivity index (χ1) is 13.2. The Balaban J connectivity index is 1.37. The van der Waals surface area contributed by atoms with Gasteiger partial charge in [-0.15, -0.1) is 5.10 Å². The van der Waals surface area contributed by atoms with E-state index in [1.165, 1.54) is 0 Å². The molecule has 0 saturated heterocycles. The number of aromatic nitrogens is 4. The van der Waals surface area contributed by atoms with Crippen molar-refractivity contribution in [3.05, 3.63) is 53.9 Å². The summed E-state index contributed by atoms with van der Waals surface area (Å²) in [6.07, 6.45) is 0. The summed E-state index contributed by atoms with van der Waals surface area (Å²) in [4.78, 5) is 12.4. The van der Waals surface area contributed by atoms with Crippen LogP contribution in [-0.4, -0.2) is 32.9 Å². The Morgan fingerprint density at radius 3 is 2.81 bits per heavy atom. The SMILES string of the molecule is CCn1nnnc1COc1ccc(C(=O)Nc2ccc3c(c2)OCO3)cc1. The summed E-state index contributed by atoms with van der Waals surface area (Å²) in [6, 6.07) is 12.1. The highest BCUT2D eigenvalue weighted by Gasteiger charge is 2.15. The van der Waals surface area contributed by atoms with Crippen molar-refractivity contribution in [2.45, 2.75) is 20.1 Å². The van der Waals surface area contributed by atoms with Gasteiger partial charge in [-0.2, -0.15) is 0 Å². The van der Waals surface area contributed by atoms with E-state index in [1.807, 2.05) is 6.92 Å². The molecule has 138 valence electrons. The maximum Gasteiger partial charge on any atom is 0.255 e. The number of amides is 1. The van der Waals surface area contributed by atoms with E-state index in [-0.39, 0.29) is 19.3 Å². The lowest BCUT2D eigenvalue weighted by molar-refractivity contribution is 0.102. The number of anilines is 1. The van der Waals surface area contributed by atoms with Crippen LogP contribution in [0.1, 0.15) is 23.1 Å². The van der Waals surface area contributed by atoms with Gasteiger partial charge in [0.1, 0.15) is 12.4 Å². The van der Waals surface area contributed by atoms with Gasteiger partial charge in [-0.1, -0.05) is 0 Å². The van der Waals surface area contributed by atoms with Gasteiger partial charge < -0.3 is 19.5 Å². The second-order valence-electron chi connectivity index (χ2n) is 5.75. The third-order valence-corrected chi connectivity index (χ3v) is 4.02. The van der Waals surface area contributed by atoms with Crippen LogP contribution in [0.25, 0.3) is 0 Å². The summed E-state index contributed by atoms with van der Waals surface area (Å²) in [5.41, 5.74) is 1.15. The zero-order chi connectivity index (χ0) is 18.6. The molecule has 27 heavy (non-hydrogen) atoms. The van der Waals surface area contributed by atoms with Crippen LogP contribution in [0.15, 0.2) is 42.5 Å². The fourth-order valence-corrected chi connectivity index (χ4v) is 2.60. The Morgan fingerprint density at radius 1 is 1.19 bits per heavy atom. The lowest BCUT2D eigenvalue weighted by Gasteiger charge is -2.08. The smallest absolute Gasteiger partial charge is 0.255 e. The molecule has 0 aliphatic carbocycles. The fourth-order valence-electron chi connectivity index (χ4n) is 2.60. The zero-order valence-corrected chi connectivity index (χ0v) is 14.6. The van der Waals surface area contributed by atoms with Gasteiger partial charge in [0, 0.05) is 23.9 Å². The number of nitrogens with one attached hydrogen (secondary N) is 1. The summed E-state index contributed by atoms with van der Waals surface area (Å²) >= 11 is 0. The van der Waals surface area contributed by atoms with Crippen molar-refractivity contribution in [3.8, 4) is 17.2 Å². The summed E-state index contributed by atoms with van der Waals surface area (Å²) in [5, 5.41) is 14.2. The Hall–Kier alpha value is -3.62. The molecule has 3 aromatic rings. The van der Waals surface area contributed by atoms with Gasteiger partial charge in [0.25, 0.3) is 5.91 Å². The average molecular weight is 367 g/mol. The predicted molar refractivity (Wildman–Crippen MR) is 94.8 cm³/mol. The molecular weight excluding hydrogens is 350 g/mol. The molecule has 2 heterocycles. The van der Waals surface area contributed by atoms with Gasteiger partial charge in [-0.3, -0.25) is 4.79 Å². The van der Waals surface area contributed by atoms with Crippen LogP contribution in [0.4, 0.5) is 5.69 Å². The highest BCUT2D eigenvalue weighted by molar-refractivity contribution is 6.04. The fraction of sp³-hybridized carbons (Fsp3) is 0.222. The van der Waals surface area contributed by atoms with Gasteiger partial charge >= 0.3 is 0 Å². The maximum absolute atomic E-state index is 12.4. The third-order valence-electron chi connectivity index (χ3n) is 4.02. The van der Waals surface area contributed by atoms with Crippen molar-refractivity contribution in [2.24, 2.45) is 0 Å². The van der Waals surface area contributed by atoms with Crippen LogP contribution in [0.2, 0.25) is 0 Å². The van der Waals surface area contributed by atoms with E-state index in [1.54, 1.807) is 47.1 Å². The third kappa shape index (κ3) is 3.66. The van der Waals surface area contributed by atoms with E-state index < -0.39 is 0 Å². The summed E-state index contributed by atoms with van der Waals surface area (Å²) < 4.78 is 17.9. The van der Waals surface area contributed by atoms with Gasteiger partial charge in [0.05, 0.1) is 0 Å².